The van der Waals surface area contributed by atoms with E-state index in [2.05, 4.69) is 0 Å². The Hall–Kier alpha value is -1.19. The molecule has 11 heavy (non-hydrogen) atoms. The Balaban J connectivity index is 4.23. The number of nitro groups is 1. The molecule has 0 bridgehead atoms. The molecule has 0 aliphatic heterocycles. The van der Waals surface area contributed by atoms with Crippen molar-refractivity contribution in [1.82, 2.24) is 0 Å². The van der Waals surface area contributed by atoms with E-state index >= 15 is 0 Å². The molecule has 62 valence electrons. The fourth-order valence-corrected chi connectivity index (χ4v) is 0.702. The lowest BCUT2D eigenvalue weighted by Gasteiger charge is -1.92. The van der Waals surface area contributed by atoms with Gasteiger partial charge in [0.2, 0.25) is 5.70 Å². The van der Waals surface area contributed by atoms with Crippen molar-refractivity contribution in [2.24, 2.45) is 0 Å². The Morgan fingerprint density at radius 1 is 1.64 bits per heavy atom. The van der Waals surface area contributed by atoms with Gasteiger partial charge in [0.1, 0.15) is 5.78 Å². The lowest BCUT2D eigenvalue weighted by Crippen LogP contribution is -2.03. The molecule has 0 rings (SSSR count). The average molecular weight is 157 g/mol. The van der Waals surface area contributed by atoms with Crippen molar-refractivity contribution in [2.75, 3.05) is 0 Å². The van der Waals surface area contributed by atoms with E-state index in [1.807, 2.05) is 0 Å². The quantitative estimate of drug-likeness (QED) is 0.459. The summed E-state index contributed by atoms with van der Waals surface area (Å²) in [7, 11) is 0. The Morgan fingerprint density at radius 3 is 2.45 bits per heavy atom. The minimum atomic E-state index is -0.509. The Bertz CT molecular complexity index is 196. The number of carbonyl (C=O) groups is 1. The molecule has 4 nitrogen and oxygen atoms in total. The van der Waals surface area contributed by atoms with E-state index in [0.29, 0.717) is 6.42 Å². The van der Waals surface area contributed by atoms with Crippen LogP contribution in [0.15, 0.2) is 11.8 Å². The minimum absolute atomic E-state index is 0.000000000000000222. The van der Waals surface area contributed by atoms with Crippen LogP contribution in [0.3, 0.4) is 0 Å². The highest BCUT2D eigenvalue weighted by Gasteiger charge is 2.11. The van der Waals surface area contributed by atoms with Gasteiger partial charge in [-0.1, -0.05) is 6.92 Å². The smallest absolute Gasteiger partial charge is 0.249 e. The average Bonchev–Trinajstić information content (AvgIpc) is 1.86. The Morgan fingerprint density at radius 2 is 2.18 bits per heavy atom. The van der Waals surface area contributed by atoms with E-state index < -0.39 is 4.92 Å². The molecule has 0 heterocycles. The van der Waals surface area contributed by atoms with Gasteiger partial charge >= 0.3 is 0 Å². The summed E-state index contributed by atoms with van der Waals surface area (Å²) in [4.78, 5) is 20.2. The molecule has 0 N–H and O–H groups in total. The number of carbonyl (C=O) groups excluding carboxylic acids is 1. The van der Waals surface area contributed by atoms with Gasteiger partial charge in [0.15, 0.2) is 0 Å². The summed E-state index contributed by atoms with van der Waals surface area (Å²) in [6, 6.07) is 0. The van der Waals surface area contributed by atoms with Crippen LogP contribution >= 0.6 is 0 Å². The van der Waals surface area contributed by atoms with Gasteiger partial charge in [0.05, 0.1) is 11.3 Å². The number of rotatable bonds is 4. The summed E-state index contributed by atoms with van der Waals surface area (Å²) < 4.78 is 0. The maximum absolute atomic E-state index is 10.5. The summed E-state index contributed by atoms with van der Waals surface area (Å²) in [5, 5.41) is 10.2. The zero-order valence-corrected chi connectivity index (χ0v) is 6.66. The van der Waals surface area contributed by atoms with E-state index in [9.17, 15) is 14.9 Å². The number of allylic oxidation sites excluding steroid dienone is 2. The number of nitrogens with zero attached hydrogens (tertiary/aromatic N) is 1. The topological polar surface area (TPSA) is 60.2 Å². The van der Waals surface area contributed by atoms with Crippen molar-refractivity contribution in [1.29, 1.82) is 0 Å². The van der Waals surface area contributed by atoms with E-state index in [1.54, 1.807) is 6.92 Å². The molecule has 0 atom stereocenters. The predicted octanol–water partition coefficient (Wildman–Crippen LogP) is 1.54. The number of hydrogen-bond donors (Lipinski definition) is 0. The summed E-state index contributed by atoms with van der Waals surface area (Å²) in [6.07, 6.45) is 1.98. The lowest BCUT2D eigenvalue weighted by molar-refractivity contribution is -0.426. The monoisotopic (exact) mass is 157 g/mol. The maximum atomic E-state index is 10.5. The first-order valence-electron chi connectivity index (χ1n) is 3.40. The molecule has 0 aromatic rings. The molecule has 4 heteroatoms. The van der Waals surface area contributed by atoms with Crippen molar-refractivity contribution in [3.8, 4) is 0 Å². The third-order valence-electron chi connectivity index (χ3n) is 1.10. The van der Waals surface area contributed by atoms with Gasteiger partial charge < -0.3 is 0 Å². The van der Waals surface area contributed by atoms with Crippen molar-refractivity contribution >= 4 is 5.78 Å². The zero-order chi connectivity index (χ0) is 8.85. The largest absolute Gasteiger partial charge is 0.299 e. The number of ketones is 1. The molecule has 0 aromatic heterocycles. The van der Waals surface area contributed by atoms with Gasteiger partial charge in [-0.3, -0.25) is 14.9 Å². The molecule has 0 saturated heterocycles. The third-order valence-corrected chi connectivity index (χ3v) is 1.10. The van der Waals surface area contributed by atoms with Crippen LogP contribution in [-0.2, 0) is 4.79 Å². The van der Waals surface area contributed by atoms with Crippen LogP contribution in [0.25, 0.3) is 0 Å². The molecular formula is C7H11NO3. The highest BCUT2D eigenvalue weighted by Crippen LogP contribution is 2.03. The summed E-state index contributed by atoms with van der Waals surface area (Å²) >= 11 is 0. The lowest BCUT2D eigenvalue weighted by atomic mass is 10.2. The van der Waals surface area contributed by atoms with Gasteiger partial charge in [-0.05, 0) is 19.4 Å². The van der Waals surface area contributed by atoms with Gasteiger partial charge in [-0.25, -0.2) is 0 Å². The summed E-state index contributed by atoms with van der Waals surface area (Å²) in [6.45, 7) is 3.14. The van der Waals surface area contributed by atoms with Crippen LogP contribution in [0, 0.1) is 10.1 Å². The second-order valence-corrected chi connectivity index (χ2v) is 2.24. The van der Waals surface area contributed by atoms with Crippen molar-refractivity contribution in [3.05, 3.63) is 21.9 Å². The van der Waals surface area contributed by atoms with Crippen LogP contribution in [0.5, 0.6) is 0 Å². The second-order valence-electron chi connectivity index (χ2n) is 2.24. The standard InChI is InChI=1S/C7H11NO3/c1-3-4-7(8(10)11)5-6(2)9/h4H,3,5H2,1-2H3/b7-4+. The summed E-state index contributed by atoms with van der Waals surface area (Å²) in [5.41, 5.74) is 0.000000000000000222. The minimum Gasteiger partial charge on any atom is -0.299 e. The SMILES string of the molecule is CC/C=C(\CC(C)=O)[N+](=O)[O-]. The van der Waals surface area contributed by atoms with Crippen LogP contribution in [0.1, 0.15) is 26.7 Å². The molecule has 0 aromatic carbocycles. The fraction of sp³-hybridized carbons (Fsp3) is 0.571. The molecule has 0 saturated carbocycles. The predicted molar refractivity (Wildman–Crippen MR) is 40.7 cm³/mol. The summed E-state index contributed by atoms with van der Waals surface area (Å²) in [5.74, 6) is -0.179. The Kier molecular flexibility index (Phi) is 4.10. The molecule has 0 unspecified atom stereocenters. The molecule has 0 aliphatic carbocycles. The van der Waals surface area contributed by atoms with E-state index in [1.165, 1.54) is 13.0 Å². The first-order chi connectivity index (χ1) is 5.07. The number of hydrogen-bond acceptors (Lipinski definition) is 3. The van der Waals surface area contributed by atoms with E-state index in [-0.39, 0.29) is 17.9 Å². The highest BCUT2D eigenvalue weighted by atomic mass is 16.6. The molecular weight excluding hydrogens is 146 g/mol. The van der Waals surface area contributed by atoms with Gasteiger partial charge in [0.25, 0.3) is 0 Å². The molecule has 0 radical (unpaired) electrons. The maximum Gasteiger partial charge on any atom is 0.249 e. The molecule has 0 aliphatic rings. The molecule has 0 fully saturated rings. The third kappa shape index (κ3) is 4.25. The van der Waals surface area contributed by atoms with Crippen LogP contribution in [0.4, 0.5) is 0 Å². The fourth-order valence-electron chi connectivity index (χ4n) is 0.702. The first-order valence-corrected chi connectivity index (χ1v) is 3.40. The zero-order valence-electron chi connectivity index (χ0n) is 6.66. The molecule has 0 spiro atoms. The first kappa shape index (κ1) is 9.81. The van der Waals surface area contributed by atoms with Crippen LogP contribution in [0.2, 0.25) is 0 Å². The number of Topliss-reactive ketones (excluding diaryl/α,β-unsaturated/α-hetero) is 1. The highest BCUT2D eigenvalue weighted by molar-refractivity contribution is 5.77. The van der Waals surface area contributed by atoms with Crippen LogP contribution in [-0.4, -0.2) is 10.7 Å². The van der Waals surface area contributed by atoms with Gasteiger partial charge in [0, 0.05) is 0 Å². The van der Waals surface area contributed by atoms with Gasteiger partial charge in [-0.15, -0.1) is 0 Å². The van der Waals surface area contributed by atoms with E-state index in [0.717, 1.165) is 0 Å². The normalized spacial score (nSPS) is 11.3. The van der Waals surface area contributed by atoms with Crippen molar-refractivity contribution in [3.63, 3.8) is 0 Å². The van der Waals surface area contributed by atoms with Crippen molar-refractivity contribution < 1.29 is 9.72 Å². The Labute approximate surface area is 65.1 Å². The van der Waals surface area contributed by atoms with Gasteiger partial charge in [-0.2, -0.15) is 0 Å². The van der Waals surface area contributed by atoms with Crippen molar-refractivity contribution in [2.45, 2.75) is 26.7 Å². The second kappa shape index (κ2) is 4.60. The molecule has 0 amide bonds. The van der Waals surface area contributed by atoms with E-state index in [4.69, 9.17) is 0 Å². The van der Waals surface area contributed by atoms with Crippen LogP contribution < -0.4 is 0 Å².